The Bertz CT molecular complexity index is 635. The zero-order chi connectivity index (χ0) is 14.1. The van der Waals surface area contributed by atoms with E-state index in [9.17, 15) is 0 Å². The molecule has 2 aromatic rings. The predicted octanol–water partition coefficient (Wildman–Crippen LogP) is 4.55. The second-order valence-corrected chi connectivity index (χ2v) is 6.73. The third-order valence-electron chi connectivity index (χ3n) is 3.26. The van der Waals surface area contributed by atoms with E-state index in [0.29, 0.717) is 16.7 Å². The number of nitrogens with two attached hydrogens (primary N) is 1. The zero-order valence-electron chi connectivity index (χ0n) is 10.6. The molecular weight excluding hydrogens is 313 g/mol. The summed E-state index contributed by atoms with van der Waals surface area (Å²) in [7, 11) is 0. The summed E-state index contributed by atoms with van der Waals surface area (Å²) >= 11 is 13.6. The highest BCUT2D eigenvalue weighted by atomic mass is 35.5. The van der Waals surface area contributed by atoms with E-state index in [1.807, 2.05) is 36.4 Å². The van der Waals surface area contributed by atoms with Gasteiger partial charge in [0.1, 0.15) is 12.4 Å². The van der Waals surface area contributed by atoms with Gasteiger partial charge in [0.15, 0.2) is 0 Å². The number of para-hydroxylation sites is 1. The minimum atomic E-state index is -0.0561. The molecule has 0 saturated heterocycles. The van der Waals surface area contributed by atoms with Crippen molar-refractivity contribution in [3.05, 3.63) is 58.1 Å². The van der Waals surface area contributed by atoms with Crippen LogP contribution in [-0.2, 0) is 0 Å². The average Bonchev–Trinajstić information content (AvgIpc) is 2.46. The van der Waals surface area contributed by atoms with Crippen molar-refractivity contribution in [1.82, 2.24) is 0 Å². The van der Waals surface area contributed by atoms with Crippen molar-refractivity contribution >= 4 is 35.0 Å². The largest absolute Gasteiger partial charge is 0.492 e. The van der Waals surface area contributed by atoms with Gasteiger partial charge in [-0.1, -0.05) is 41.4 Å². The summed E-state index contributed by atoms with van der Waals surface area (Å²) in [6.45, 7) is 0.586. The Hall–Kier alpha value is -0.870. The predicted molar refractivity (Wildman–Crippen MR) is 85.0 cm³/mol. The topological polar surface area (TPSA) is 35.2 Å². The first-order valence-corrected chi connectivity index (χ1v) is 7.88. The van der Waals surface area contributed by atoms with Crippen LogP contribution in [0.1, 0.15) is 11.6 Å². The Kier molecular flexibility index (Phi) is 4.13. The first-order valence-electron chi connectivity index (χ1n) is 6.24. The molecule has 0 fully saturated rings. The fraction of sp³-hybridized carbons (Fsp3) is 0.200. The van der Waals surface area contributed by atoms with Crippen LogP contribution >= 0.6 is 35.0 Å². The van der Waals surface area contributed by atoms with E-state index in [4.69, 9.17) is 33.7 Å². The molecule has 0 amide bonds. The molecule has 0 aromatic heterocycles. The first kappa shape index (κ1) is 14.1. The second kappa shape index (κ2) is 5.86. The Morgan fingerprint density at radius 2 is 1.90 bits per heavy atom. The molecule has 1 heterocycles. The lowest BCUT2D eigenvalue weighted by atomic mass is 10.0. The van der Waals surface area contributed by atoms with Crippen LogP contribution in [-0.4, -0.2) is 11.9 Å². The van der Waals surface area contributed by atoms with Gasteiger partial charge >= 0.3 is 0 Å². The van der Waals surface area contributed by atoms with Crippen LogP contribution in [0.5, 0.6) is 5.75 Å². The number of ether oxygens (including phenoxy) is 1. The number of fused-ring (bicyclic) bond motifs is 1. The summed E-state index contributed by atoms with van der Waals surface area (Å²) in [5.41, 5.74) is 7.40. The van der Waals surface area contributed by atoms with E-state index >= 15 is 0 Å². The summed E-state index contributed by atoms with van der Waals surface area (Å²) < 4.78 is 5.77. The van der Waals surface area contributed by atoms with Crippen molar-refractivity contribution in [2.24, 2.45) is 5.73 Å². The lowest BCUT2D eigenvalue weighted by molar-refractivity contribution is 0.276. The van der Waals surface area contributed by atoms with Gasteiger partial charge in [0.2, 0.25) is 0 Å². The highest BCUT2D eigenvalue weighted by Crippen LogP contribution is 2.39. The molecule has 0 spiro atoms. The fourth-order valence-corrected chi connectivity index (χ4v) is 3.67. The van der Waals surface area contributed by atoms with E-state index in [2.05, 4.69) is 0 Å². The standard InChI is InChI=1S/C15H13Cl2NOS/c16-11-6-5-9(7-12(11)17)20-14-8-19-13-4-2-1-3-10(13)15(14)18/h1-7,14-15H,8,18H2. The highest BCUT2D eigenvalue weighted by molar-refractivity contribution is 8.00. The van der Waals surface area contributed by atoms with E-state index in [1.54, 1.807) is 17.8 Å². The molecule has 1 aliphatic heterocycles. The molecule has 3 rings (SSSR count). The normalized spacial score (nSPS) is 21.1. The van der Waals surface area contributed by atoms with Crippen LogP contribution in [0.25, 0.3) is 0 Å². The summed E-state index contributed by atoms with van der Waals surface area (Å²) in [6, 6.07) is 13.5. The van der Waals surface area contributed by atoms with Gasteiger partial charge in [0.25, 0.3) is 0 Å². The van der Waals surface area contributed by atoms with Crippen molar-refractivity contribution in [2.45, 2.75) is 16.2 Å². The van der Waals surface area contributed by atoms with Crippen molar-refractivity contribution in [3.63, 3.8) is 0 Å². The minimum Gasteiger partial charge on any atom is -0.492 e. The van der Waals surface area contributed by atoms with Gasteiger partial charge < -0.3 is 10.5 Å². The Morgan fingerprint density at radius 3 is 2.70 bits per heavy atom. The van der Waals surface area contributed by atoms with Crippen molar-refractivity contribution < 1.29 is 4.74 Å². The maximum atomic E-state index is 6.35. The van der Waals surface area contributed by atoms with E-state index < -0.39 is 0 Å². The Morgan fingerprint density at radius 1 is 1.10 bits per heavy atom. The van der Waals surface area contributed by atoms with Gasteiger partial charge in [-0.3, -0.25) is 0 Å². The van der Waals surface area contributed by atoms with Crippen LogP contribution in [0.15, 0.2) is 47.4 Å². The molecule has 0 bridgehead atoms. The van der Waals surface area contributed by atoms with Gasteiger partial charge in [-0.15, -0.1) is 11.8 Å². The maximum absolute atomic E-state index is 6.35. The monoisotopic (exact) mass is 325 g/mol. The maximum Gasteiger partial charge on any atom is 0.124 e. The molecule has 1 aliphatic rings. The lowest BCUT2D eigenvalue weighted by Crippen LogP contribution is -2.33. The third kappa shape index (κ3) is 2.77. The van der Waals surface area contributed by atoms with Crippen LogP contribution in [0.4, 0.5) is 0 Å². The van der Waals surface area contributed by atoms with E-state index in [-0.39, 0.29) is 11.3 Å². The SMILES string of the molecule is NC1c2ccccc2OCC1Sc1ccc(Cl)c(Cl)c1. The molecule has 104 valence electrons. The van der Waals surface area contributed by atoms with Crippen LogP contribution in [0, 0.1) is 0 Å². The van der Waals surface area contributed by atoms with Gasteiger partial charge in [0.05, 0.1) is 15.3 Å². The summed E-state index contributed by atoms with van der Waals surface area (Å²) in [6.07, 6.45) is 0. The minimum absolute atomic E-state index is 0.0561. The van der Waals surface area contributed by atoms with E-state index in [1.165, 1.54) is 0 Å². The van der Waals surface area contributed by atoms with Crippen LogP contribution < -0.4 is 10.5 Å². The number of thioether (sulfide) groups is 1. The molecule has 0 aliphatic carbocycles. The molecule has 0 radical (unpaired) electrons. The second-order valence-electron chi connectivity index (χ2n) is 4.61. The van der Waals surface area contributed by atoms with Crippen LogP contribution in [0.3, 0.4) is 0 Å². The molecule has 2 atom stereocenters. The van der Waals surface area contributed by atoms with Gasteiger partial charge in [-0.25, -0.2) is 0 Å². The van der Waals surface area contributed by atoms with Crippen molar-refractivity contribution in [1.29, 1.82) is 0 Å². The summed E-state index contributed by atoms with van der Waals surface area (Å²) in [5, 5.41) is 1.27. The number of hydrogen-bond donors (Lipinski definition) is 1. The molecule has 2 nitrogen and oxygen atoms in total. The molecular formula is C15H13Cl2NOS. The van der Waals surface area contributed by atoms with Crippen molar-refractivity contribution in [3.8, 4) is 5.75 Å². The van der Waals surface area contributed by atoms with Gasteiger partial charge in [0, 0.05) is 16.5 Å². The number of hydrogen-bond acceptors (Lipinski definition) is 3. The highest BCUT2D eigenvalue weighted by Gasteiger charge is 2.28. The molecule has 2 N–H and O–H groups in total. The van der Waals surface area contributed by atoms with Crippen LogP contribution in [0.2, 0.25) is 10.0 Å². The van der Waals surface area contributed by atoms with Gasteiger partial charge in [-0.2, -0.15) is 0 Å². The quantitative estimate of drug-likeness (QED) is 0.879. The lowest BCUT2D eigenvalue weighted by Gasteiger charge is -2.30. The Labute approximate surface area is 132 Å². The zero-order valence-corrected chi connectivity index (χ0v) is 12.9. The molecule has 20 heavy (non-hydrogen) atoms. The third-order valence-corrected chi connectivity index (χ3v) is 5.26. The molecule has 2 unspecified atom stereocenters. The molecule has 0 saturated carbocycles. The Balaban J connectivity index is 1.81. The van der Waals surface area contributed by atoms with Crippen molar-refractivity contribution in [2.75, 3.05) is 6.61 Å². The smallest absolute Gasteiger partial charge is 0.124 e. The van der Waals surface area contributed by atoms with Gasteiger partial charge in [-0.05, 0) is 24.3 Å². The number of halogens is 2. The summed E-state index contributed by atoms with van der Waals surface area (Å²) in [5.74, 6) is 0.881. The summed E-state index contributed by atoms with van der Waals surface area (Å²) in [4.78, 5) is 1.04. The van der Waals surface area contributed by atoms with E-state index in [0.717, 1.165) is 16.2 Å². The molecule has 2 aromatic carbocycles. The average molecular weight is 326 g/mol. The number of rotatable bonds is 2. The fourth-order valence-electron chi connectivity index (χ4n) is 2.20. The molecule has 5 heteroatoms. The number of benzene rings is 2. The first-order chi connectivity index (χ1) is 9.65.